The molecule has 0 aromatic heterocycles. The van der Waals surface area contributed by atoms with E-state index in [0.717, 1.165) is 31.5 Å². The molecule has 3 N–H and O–H groups in total. The van der Waals surface area contributed by atoms with E-state index in [1.807, 2.05) is 0 Å². The Morgan fingerprint density at radius 1 is 1.45 bits per heavy atom. The van der Waals surface area contributed by atoms with Crippen LogP contribution in [0.2, 0.25) is 0 Å². The van der Waals surface area contributed by atoms with Crippen molar-refractivity contribution in [3.05, 3.63) is 29.6 Å². The molecule has 1 aromatic carbocycles. The Morgan fingerprint density at radius 3 is 2.80 bits per heavy atom. The van der Waals surface area contributed by atoms with Crippen molar-refractivity contribution in [2.24, 2.45) is 5.92 Å². The number of carboxylic acid groups (broad SMARTS) is 1. The fraction of sp³-hybridized carbons (Fsp3) is 0.429. The third-order valence-electron chi connectivity index (χ3n) is 3.45. The van der Waals surface area contributed by atoms with Gasteiger partial charge in [-0.3, -0.25) is 4.79 Å². The monoisotopic (exact) mass is 280 g/mol. The molecule has 1 fully saturated rings. The van der Waals surface area contributed by atoms with Gasteiger partial charge in [-0.25, -0.2) is 9.18 Å². The summed E-state index contributed by atoms with van der Waals surface area (Å²) in [5, 5.41) is 14.5. The molecule has 108 valence electrons. The number of halogens is 1. The number of piperidine rings is 1. The van der Waals surface area contributed by atoms with E-state index in [1.54, 1.807) is 0 Å². The zero-order valence-corrected chi connectivity index (χ0v) is 11.1. The maximum atomic E-state index is 13.5. The summed E-state index contributed by atoms with van der Waals surface area (Å²) in [7, 11) is 0. The molecule has 2 atom stereocenters. The highest BCUT2D eigenvalue weighted by Gasteiger charge is 2.24. The van der Waals surface area contributed by atoms with Crippen molar-refractivity contribution in [3.63, 3.8) is 0 Å². The molecule has 1 amide bonds. The largest absolute Gasteiger partial charge is 0.478 e. The molecule has 0 spiro atoms. The fourth-order valence-electron chi connectivity index (χ4n) is 2.30. The highest BCUT2D eigenvalue weighted by molar-refractivity contribution is 5.95. The van der Waals surface area contributed by atoms with Gasteiger partial charge >= 0.3 is 5.97 Å². The smallest absolute Gasteiger partial charge is 0.338 e. The first-order valence-electron chi connectivity index (χ1n) is 6.54. The van der Waals surface area contributed by atoms with Crippen LogP contribution < -0.4 is 10.6 Å². The Bertz CT molecular complexity index is 533. The standard InChI is InChI=1S/C14H17FN2O3/c1-8-4-5-16-12(6-8)13(18)17-9-2-3-10(14(19)20)11(15)7-9/h2-3,7-8,12,16H,4-6H2,1H3,(H,17,18)(H,19,20). The van der Waals surface area contributed by atoms with Gasteiger partial charge in [0.2, 0.25) is 5.91 Å². The van der Waals surface area contributed by atoms with E-state index in [0.29, 0.717) is 5.92 Å². The van der Waals surface area contributed by atoms with E-state index in [9.17, 15) is 14.0 Å². The van der Waals surface area contributed by atoms with Crippen LogP contribution in [-0.4, -0.2) is 29.6 Å². The van der Waals surface area contributed by atoms with E-state index >= 15 is 0 Å². The topological polar surface area (TPSA) is 78.4 Å². The van der Waals surface area contributed by atoms with Crippen LogP contribution in [0.4, 0.5) is 10.1 Å². The number of carbonyl (C=O) groups excluding carboxylic acids is 1. The lowest BCUT2D eigenvalue weighted by Gasteiger charge is -2.27. The zero-order chi connectivity index (χ0) is 14.7. The van der Waals surface area contributed by atoms with Crippen molar-refractivity contribution >= 4 is 17.6 Å². The van der Waals surface area contributed by atoms with Gasteiger partial charge in [-0.2, -0.15) is 0 Å². The van der Waals surface area contributed by atoms with Crippen LogP contribution in [-0.2, 0) is 4.79 Å². The Morgan fingerprint density at radius 2 is 2.20 bits per heavy atom. The van der Waals surface area contributed by atoms with Gasteiger partial charge in [0.25, 0.3) is 0 Å². The number of amides is 1. The summed E-state index contributed by atoms with van der Waals surface area (Å²) >= 11 is 0. The van der Waals surface area contributed by atoms with Crippen molar-refractivity contribution in [1.29, 1.82) is 0 Å². The third kappa shape index (κ3) is 3.33. The number of carbonyl (C=O) groups is 2. The SMILES string of the molecule is CC1CCNC(C(=O)Nc2ccc(C(=O)O)c(F)c2)C1. The Balaban J connectivity index is 2.04. The van der Waals surface area contributed by atoms with E-state index in [4.69, 9.17) is 5.11 Å². The minimum Gasteiger partial charge on any atom is -0.478 e. The summed E-state index contributed by atoms with van der Waals surface area (Å²) in [5.74, 6) is -1.94. The van der Waals surface area contributed by atoms with Gasteiger partial charge in [-0.15, -0.1) is 0 Å². The number of benzene rings is 1. The van der Waals surface area contributed by atoms with Crippen LogP contribution in [0.3, 0.4) is 0 Å². The third-order valence-corrected chi connectivity index (χ3v) is 3.45. The molecule has 0 saturated carbocycles. The molecule has 0 radical (unpaired) electrons. The summed E-state index contributed by atoms with van der Waals surface area (Å²) in [6.45, 7) is 2.87. The summed E-state index contributed by atoms with van der Waals surface area (Å²) in [6, 6.07) is 3.26. The number of hydrogen-bond acceptors (Lipinski definition) is 3. The average molecular weight is 280 g/mol. The summed E-state index contributed by atoms with van der Waals surface area (Å²) in [6.07, 6.45) is 1.77. The minimum absolute atomic E-state index is 0.223. The van der Waals surface area contributed by atoms with Crippen molar-refractivity contribution in [2.45, 2.75) is 25.8 Å². The summed E-state index contributed by atoms with van der Waals surface area (Å²) in [4.78, 5) is 22.7. The Hall–Kier alpha value is -1.95. The number of hydrogen-bond donors (Lipinski definition) is 3. The summed E-state index contributed by atoms with van der Waals surface area (Å²) in [5.41, 5.74) is -0.148. The van der Waals surface area contributed by atoms with Gasteiger partial charge < -0.3 is 15.7 Å². The van der Waals surface area contributed by atoms with E-state index in [2.05, 4.69) is 17.6 Å². The lowest BCUT2D eigenvalue weighted by molar-refractivity contribution is -0.119. The predicted molar refractivity (Wildman–Crippen MR) is 72.2 cm³/mol. The second kappa shape index (κ2) is 6.00. The van der Waals surface area contributed by atoms with Crippen LogP contribution in [0.15, 0.2) is 18.2 Å². The molecule has 1 heterocycles. The van der Waals surface area contributed by atoms with Gasteiger partial charge in [0.15, 0.2) is 0 Å². The van der Waals surface area contributed by atoms with Gasteiger partial charge in [-0.1, -0.05) is 6.92 Å². The molecule has 20 heavy (non-hydrogen) atoms. The highest BCUT2D eigenvalue weighted by Crippen LogP contribution is 2.18. The number of anilines is 1. The second-order valence-corrected chi connectivity index (χ2v) is 5.13. The van der Waals surface area contributed by atoms with Crippen molar-refractivity contribution in [2.75, 3.05) is 11.9 Å². The molecule has 1 saturated heterocycles. The van der Waals surface area contributed by atoms with Gasteiger partial charge in [0.05, 0.1) is 11.6 Å². The lowest BCUT2D eigenvalue weighted by Crippen LogP contribution is -2.45. The summed E-state index contributed by atoms with van der Waals surface area (Å²) < 4.78 is 13.5. The number of aromatic carboxylic acids is 1. The van der Waals surface area contributed by atoms with Gasteiger partial charge in [0.1, 0.15) is 5.82 Å². The first-order chi connectivity index (χ1) is 9.47. The lowest BCUT2D eigenvalue weighted by atomic mass is 9.94. The van der Waals surface area contributed by atoms with Gasteiger partial charge in [0, 0.05) is 5.69 Å². The number of rotatable bonds is 3. The predicted octanol–water partition coefficient (Wildman–Crippen LogP) is 1.85. The van der Waals surface area contributed by atoms with Crippen LogP contribution >= 0.6 is 0 Å². The molecular formula is C14H17FN2O3. The molecule has 0 bridgehead atoms. The molecule has 1 aliphatic rings. The van der Waals surface area contributed by atoms with Gasteiger partial charge in [-0.05, 0) is 43.5 Å². The fourth-order valence-corrected chi connectivity index (χ4v) is 2.30. The first-order valence-corrected chi connectivity index (χ1v) is 6.54. The molecule has 2 rings (SSSR count). The number of carboxylic acids is 1. The molecule has 1 aliphatic heterocycles. The maximum absolute atomic E-state index is 13.5. The average Bonchev–Trinajstić information content (AvgIpc) is 2.38. The van der Waals surface area contributed by atoms with E-state index in [-0.39, 0.29) is 17.6 Å². The van der Waals surface area contributed by atoms with Crippen LogP contribution in [0, 0.1) is 11.7 Å². The Kier molecular flexibility index (Phi) is 4.34. The number of nitrogens with one attached hydrogen (secondary N) is 2. The van der Waals surface area contributed by atoms with Crippen LogP contribution in [0.25, 0.3) is 0 Å². The van der Waals surface area contributed by atoms with Crippen molar-refractivity contribution < 1.29 is 19.1 Å². The molecule has 6 heteroatoms. The molecule has 1 aromatic rings. The van der Waals surface area contributed by atoms with E-state index < -0.39 is 17.3 Å². The van der Waals surface area contributed by atoms with E-state index in [1.165, 1.54) is 6.07 Å². The zero-order valence-electron chi connectivity index (χ0n) is 11.1. The van der Waals surface area contributed by atoms with Crippen LogP contribution in [0.5, 0.6) is 0 Å². The van der Waals surface area contributed by atoms with Crippen LogP contribution in [0.1, 0.15) is 30.1 Å². The molecular weight excluding hydrogens is 263 g/mol. The van der Waals surface area contributed by atoms with Crippen molar-refractivity contribution in [1.82, 2.24) is 5.32 Å². The Labute approximate surface area is 116 Å². The van der Waals surface area contributed by atoms with Crippen molar-refractivity contribution in [3.8, 4) is 0 Å². The maximum Gasteiger partial charge on any atom is 0.338 e. The molecule has 5 nitrogen and oxygen atoms in total. The highest BCUT2D eigenvalue weighted by atomic mass is 19.1. The minimum atomic E-state index is -1.33. The quantitative estimate of drug-likeness (QED) is 0.789. The first kappa shape index (κ1) is 14.5. The molecule has 0 aliphatic carbocycles. The second-order valence-electron chi connectivity index (χ2n) is 5.13. The molecule has 2 unspecified atom stereocenters. The normalized spacial score (nSPS) is 22.3.